The molecule has 0 aliphatic carbocycles. The fraction of sp³-hybridized carbons (Fsp3) is 1.00. The fourth-order valence-electron chi connectivity index (χ4n) is 1.21. The van der Waals surface area contributed by atoms with Crippen molar-refractivity contribution in [1.82, 2.24) is 3.11 Å². The number of rotatable bonds is 1. The summed E-state index contributed by atoms with van der Waals surface area (Å²) >= 11 is 2.70. The van der Waals surface area contributed by atoms with Crippen molar-refractivity contribution in [3.05, 3.63) is 0 Å². The predicted octanol–water partition coefficient (Wildman–Crippen LogP) is -1.81. The molecule has 0 unspecified atom stereocenters. The summed E-state index contributed by atoms with van der Waals surface area (Å²) in [6, 6.07) is 0.619. The number of aliphatic hydroxyl groups excluding tert-OH is 1. The van der Waals surface area contributed by atoms with Crippen LogP contribution < -0.4 is 17.5 Å². The summed E-state index contributed by atoms with van der Waals surface area (Å²) < 4.78 is 2.51. The molecule has 10 heavy (non-hydrogen) atoms. The minimum atomic E-state index is -0.0294. The normalized spacial score (nSPS) is 36.7. The Morgan fingerprint density at radius 2 is 2.40 bits per heavy atom. The molecule has 0 radical (unpaired) electrons. The van der Waals surface area contributed by atoms with Crippen molar-refractivity contribution in [3.63, 3.8) is 0 Å². The first-order chi connectivity index (χ1) is 4.74. The summed E-state index contributed by atoms with van der Waals surface area (Å²) in [6.07, 6.45) is 1.92. The summed E-state index contributed by atoms with van der Waals surface area (Å²) in [5.41, 5.74) is 0. The fourth-order valence-corrected chi connectivity index (χ4v) is 5.90. The van der Waals surface area contributed by atoms with Gasteiger partial charge in [0.05, 0.1) is 0 Å². The molecule has 0 aromatic carbocycles. The van der Waals surface area contributed by atoms with E-state index in [0.29, 0.717) is 6.04 Å². The zero-order valence-electron chi connectivity index (χ0n) is 5.93. The van der Waals surface area contributed by atoms with E-state index in [1.54, 1.807) is 0 Å². The molecule has 1 N–H and O–H groups in total. The molecular weight excluding hydrogens is 356 g/mol. The summed E-state index contributed by atoms with van der Waals surface area (Å²) in [5, 5.41) is 9.28. The third-order valence-electron chi connectivity index (χ3n) is 1.85. The Morgan fingerprint density at radius 3 is 2.90 bits per heavy atom. The van der Waals surface area contributed by atoms with Crippen molar-refractivity contribution < 1.29 is 22.6 Å². The van der Waals surface area contributed by atoms with Gasteiger partial charge in [-0.3, -0.25) is 0 Å². The second kappa shape index (κ2) is 4.42. The van der Waals surface area contributed by atoms with E-state index in [1.807, 2.05) is 0 Å². The zero-order valence-corrected chi connectivity index (χ0v) is 10.2. The summed E-state index contributed by atoms with van der Waals surface area (Å²) in [5.74, 6) is 0. The van der Waals surface area contributed by atoms with E-state index in [0.717, 1.165) is 19.4 Å². The molecule has 2 atom stereocenters. The molecular formula is C6H12I2NO-. The average Bonchev–Trinajstić information content (AvgIpc) is 1.88. The van der Waals surface area contributed by atoms with Crippen LogP contribution in [0, 0.1) is 0 Å². The number of hydrogen-bond acceptors (Lipinski definition) is 2. The van der Waals surface area contributed by atoms with Crippen LogP contribution in [-0.2, 0) is 0 Å². The summed E-state index contributed by atoms with van der Waals surface area (Å²) in [7, 11) is 0. The Hall–Kier alpha value is 1.38. The molecule has 2 nitrogen and oxygen atoms in total. The number of piperidine rings is 1. The third-order valence-corrected chi connectivity index (χ3v) is 6.89. The predicted molar refractivity (Wildman–Crippen MR) is 45.4 cm³/mol. The van der Waals surface area contributed by atoms with E-state index in [2.05, 4.69) is 28.7 Å². The molecule has 0 bridgehead atoms. The number of hydrogen-bond donors (Lipinski definition) is 1. The van der Waals surface area contributed by atoms with Crippen LogP contribution in [-0.4, -0.2) is 26.9 Å². The molecule has 0 aromatic heterocycles. The van der Waals surface area contributed by atoms with Crippen LogP contribution in [0.25, 0.3) is 0 Å². The molecule has 1 aliphatic heterocycles. The van der Waals surface area contributed by atoms with Crippen molar-refractivity contribution >= 4 is 18.6 Å². The van der Waals surface area contributed by atoms with Gasteiger partial charge >= 0.3 is 82.8 Å². The van der Waals surface area contributed by atoms with Gasteiger partial charge < -0.3 is 0 Å². The molecule has 1 heterocycles. The van der Waals surface area contributed by atoms with Crippen LogP contribution in [0.4, 0.5) is 0 Å². The first-order valence-electron chi connectivity index (χ1n) is 3.45. The Labute approximate surface area is 82.2 Å². The standard InChI is InChI=1S/C6H12I2NO/c1-5-4-6(10)2-3-9(5)8-7/h5-6,10H,2-4H2,1H3/q-1/t5-,6+/m0/s1. The average molecular weight is 368 g/mol. The van der Waals surface area contributed by atoms with E-state index in [4.69, 9.17) is 0 Å². The van der Waals surface area contributed by atoms with Crippen LogP contribution in [0.3, 0.4) is 0 Å². The van der Waals surface area contributed by atoms with Crippen molar-refractivity contribution in [2.45, 2.75) is 31.9 Å². The molecule has 0 amide bonds. The van der Waals surface area contributed by atoms with Gasteiger partial charge in [-0.1, -0.05) is 0 Å². The number of aliphatic hydroxyl groups is 1. The second-order valence-corrected chi connectivity index (χ2v) is 6.76. The van der Waals surface area contributed by atoms with Crippen molar-refractivity contribution in [3.8, 4) is 0 Å². The van der Waals surface area contributed by atoms with E-state index in [1.165, 1.54) is 0 Å². The maximum absolute atomic E-state index is 9.28. The first-order valence-corrected chi connectivity index (χ1v) is 10.7. The molecule has 1 saturated heterocycles. The number of halogens is 2. The van der Waals surface area contributed by atoms with E-state index in [9.17, 15) is 5.11 Å². The SMILES string of the molecule is C[C@H]1C[C@H](O)CCN1[I-]I. The molecule has 62 valence electrons. The van der Waals surface area contributed by atoms with Gasteiger partial charge in [0.2, 0.25) is 0 Å². The van der Waals surface area contributed by atoms with Crippen LogP contribution in [0.5, 0.6) is 0 Å². The Bertz CT molecular complexity index is 112. The van der Waals surface area contributed by atoms with Gasteiger partial charge in [-0.15, -0.1) is 0 Å². The summed E-state index contributed by atoms with van der Waals surface area (Å²) in [4.78, 5) is 0. The van der Waals surface area contributed by atoms with Gasteiger partial charge in [-0.05, 0) is 0 Å². The van der Waals surface area contributed by atoms with Gasteiger partial charge in [-0.2, -0.15) is 0 Å². The van der Waals surface area contributed by atoms with Crippen LogP contribution in [0.15, 0.2) is 0 Å². The Balaban J connectivity index is 2.36. The first kappa shape index (κ1) is 9.47. The molecule has 1 aliphatic rings. The quantitative estimate of drug-likeness (QED) is 0.436. The van der Waals surface area contributed by atoms with Crippen LogP contribution in [0.2, 0.25) is 0 Å². The Morgan fingerprint density at radius 1 is 1.70 bits per heavy atom. The third kappa shape index (κ3) is 2.46. The molecule has 0 saturated carbocycles. The van der Waals surface area contributed by atoms with E-state index >= 15 is 0 Å². The van der Waals surface area contributed by atoms with Gasteiger partial charge in [0.1, 0.15) is 0 Å². The van der Waals surface area contributed by atoms with E-state index in [-0.39, 0.29) is 23.6 Å². The molecule has 0 spiro atoms. The van der Waals surface area contributed by atoms with Crippen molar-refractivity contribution in [1.29, 1.82) is 0 Å². The Kier molecular flexibility index (Phi) is 4.18. The molecule has 1 rings (SSSR count). The number of nitrogens with zero attached hydrogens (tertiary/aromatic N) is 1. The zero-order chi connectivity index (χ0) is 7.56. The van der Waals surface area contributed by atoms with Crippen molar-refractivity contribution in [2.75, 3.05) is 6.54 Å². The van der Waals surface area contributed by atoms with Gasteiger partial charge in [-0.25, -0.2) is 0 Å². The topological polar surface area (TPSA) is 23.5 Å². The second-order valence-electron chi connectivity index (χ2n) is 2.71. The molecule has 1 fully saturated rings. The van der Waals surface area contributed by atoms with Gasteiger partial charge in [0.25, 0.3) is 0 Å². The van der Waals surface area contributed by atoms with Crippen LogP contribution >= 0.6 is 18.6 Å². The maximum atomic E-state index is 9.28. The molecule has 0 aromatic rings. The van der Waals surface area contributed by atoms with E-state index < -0.39 is 0 Å². The van der Waals surface area contributed by atoms with Gasteiger partial charge in [0.15, 0.2) is 0 Å². The summed E-state index contributed by atoms with van der Waals surface area (Å²) in [6.45, 7) is 3.32. The van der Waals surface area contributed by atoms with Crippen molar-refractivity contribution in [2.24, 2.45) is 0 Å². The van der Waals surface area contributed by atoms with Gasteiger partial charge in [0, 0.05) is 0 Å². The minimum absolute atomic E-state index is 0.0294. The van der Waals surface area contributed by atoms with Crippen LogP contribution in [0.1, 0.15) is 19.8 Å². The monoisotopic (exact) mass is 368 g/mol. The molecule has 4 heteroatoms.